The van der Waals surface area contributed by atoms with Crippen molar-refractivity contribution in [1.82, 2.24) is 14.5 Å². The SMILES string of the molecule is CCOC(=O)c1ncn2c1CN=C(c1ccccn1)c1cc(C#N)ccc1-2. The van der Waals surface area contributed by atoms with E-state index in [1.807, 2.05) is 28.8 Å². The van der Waals surface area contributed by atoms with E-state index in [1.165, 1.54) is 0 Å². The molecule has 0 aliphatic carbocycles. The number of nitrogens with zero attached hydrogens (tertiary/aromatic N) is 5. The summed E-state index contributed by atoms with van der Waals surface area (Å²) < 4.78 is 6.93. The smallest absolute Gasteiger partial charge is 0.358 e. The van der Waals surface area contributed by atoms with Crippen molar-refractivity contribution in [3.05, 3.63) is 77.1 Å². The summed E-state index contributed by atoms with van der Waals surface area (Å²) in [6.45, 7) is 2.27. The Bertz CT molecular complexity index is 1090. The predicted octanol–water partition coefficient (Wildman–Crippen LogP) is 2.67. The van der Waals surface area contributed by atoms with E-state index in [9.17, 15) is 10.1 Å². The van der Waals surface area contributed by atoms with Gasteiger partial charge in [0.15, 0.2) is 5.69 Å². The lowest BCUT2D eigenvalue weighted by atomic mass is 10.0. The first kappa shape index (κ1) is 16.7. The van der Waals surface area contributed by atoms with Crippen LogP contribution in [0.5, 0.6) is 0 Å². The highest BCUT2D eigenvalue weighted by atomic mass is 16.5. The summed E-state index contributed by atoms with van der Waals surface area (Å²) in [5.41, 5.74) is 4.33. The number of esters is 1. The second kappa shape index (κ2) is 6.84. The van der Waals surface area contributed by atoms with Crippen LogP contribution < -0.4 is 0 Å². The maximum atomic E-state index is 12.3. The summed E-state index contributed by atoms with van der Waals surface area (Å²) in [6.07, 6.45) is 3.28. The van der Waals surface area contributed by atoms with Crippen LogP contribution in [0.2, 0.25) is 0 Å². The summed E-state index contributed by atoms with van der Waals surface area (Å²) in [5.74, 6) is -0.474. The summed E-state index contributed by atoms with van der Waals surface area (Å²) in [4.78, 5) is 25.6. The van der Waals surface area contributed by atoms with Gasteiger partial charge in [-0.25, -0.2) is 9.78 Å². The zero-order chi connectivity index (χ0) is 18.8. The minimum absolute atomic E-state index is 0.247. The van der Waals surface area contributed by atoms with Gasteiger partial charge in [-0.1, -0.05) is 6.07 Å². The molecule has 3 aromatic rings. The normalized spacial score (nSPS) is 12.2. The van der Waals surface area contributed by atoms with Crippen molar-refractivity contribution in [2.45, 2.75) is 13.5 Å². The molecule has 132 valence electrons. The van der Waals surface area contributed by atoms with Crippen LogP contribution in [0.1, 0.15) is 39.9 Å². The van der Waals surface area contributed by atoms with Crippen LogP contribution in [-0.2, 0) is 11.3 Å². The minimum atomic E-state index is -0.474. The molecule has 2 aromatic heterocycles. The number of carbonyl (C=O) groups is 1. The van der Waals surface area contributed by atoms with Gasteiger partial charge >= 0.3 is 5.97 Å². The number of ether oxygens (including phenoxy) is 1. The lowest BCUT2D eigenvalue weighted by molar-refractivity contribution is 0.0518. The third-order valence-electron chi connectivity index (χ3n) is 4.27. The Kier molecular flexibility index (Phi) is 4.22. The van der Waals surface area contributed by atoms with Crippen molar-refractivity contribution in [3.8, 4) is 11.8 Å². The average molecular weight is 357 g/mol. The highest BCUT2D eigenvalue weighted by molar-refractivity contribution is 6.14. The van der Waals surface area contributed by atoms with Crippen molar-refractivity contribution in [3.63, 3.8) is 0 Å². The molecule has 0 unspecified atom stereocenters. The molecule has 0 bridgehead atoms. The van der Waals surface area contributed by atoms with E-state index in [0.717, 1.165) is 11.3 Å². The van der Waals surface area contributed by atoms with Crippen LogP contribution in [0, 0.1) is 11.3 Å². The Labute approximate surface area is 155 Å². The van der Waals surface area contributed by atoms with E-state index < -0.39 is 5.97 Å². The van der Waals surface area contributed by atoms with Gasteiger partial charge in [-0.05, 0) is 37.3 Å². The molecule has 0 N–H and O–H groups in total. The fourth-order valence-electron chi connectivity index (χ4n) is 3.07. The number of imidazole rings is 1. The molecule has 0 amide bonds. The van der Waals surface area contributed by atoms with Crippen LogP contribution in [0.3, 0.4) is 0 Å². The van der Waals surface area contributed by atoms with Gasteiger partial charge in [0.05, 0.1) is 47.6 Å². The summed E-state index contributed by atoms with van der Waals surface area (Å²) >= 11 is 0. The standard InChI is InChI=1S/C20H15N5O2/c1-2-27-20(26)19-17-11-23-18(15-5-3-4-8-22-15)14-9-13(10-21)6-7-16(14)25(17)12-24-19/h3-9,12H,2,11H2,1H3. The third kappa shape index (κ3) is 2.87. The molecule has 0 fully saturated rings. The number of benzene rings is 1. The number of rotatable bonds is 3. The zero-order valence-electron chi connectivity index (χ0n) is 14.6. The Morgan fingerprint density at radius 3 is 2.93 bits per heavy atom. The molecule has 0 radical (unpaired) electrons. The molecule has 0 saturated carbocycles. The Balaban J connectivity index is 1.94. The van der Waals surface area contributed by atoms with Crippen molar-refractivity contribution in [1.29, 1.82) is 5.26 Å². The number of hydrogen-bond donors (Lipinski definition) is 0. The first-order chi connectivity index (χ1) is 13.2. The van der Waals surface area contributed by atoms with E-state index in [4.69, 9.17) is 9.73 Å². The highest BCUT2D eigenvalue weighted by Crippen LogP contribution is 2.27. The maximum absolute atomic E-state index is 12.3. The molecule has 0 atom stereocenters. The Morgan fingerprint density at radius 2 is 2.19 bits per heavy atom. The van der Waals surface area contributed by atoms with Crippen molar-refractivity contribution < 1.29 is 9.53 Å². The van der Waals surface area contributed by atoms with E-state index in [1.54, 1.807) is 31.6 Å². The molecule has 1 aromatic carbocycles. The van der Waals surface area contributed by atoms with Gasteiger partial charge in [0.2, 0.25) is 0 Å². The topological polar surface area (TPSA) is 93.2 Å². The van der Waals surface area contributed by atoms with Crippen LogP contribution in [-0.4, -0.2) is 32.8 Å². The number of nitriles is 1. The van der Waals surface area contributed by atoms with Gasteiger partial charge in [-0.15, -0.1) is 0 Å². The van der Waals surface area contributed by atoms with Gasteiger partial charge in [-0.3, -0.25) is 14.5 Å². The number of pyridine rings is 1. The Morgan fingerprint density at radius 1 is 1.30 bits per heavy atom. The molecule has 4 rings (SSSR count). The van der Waals surface area contributed by atoms with Crippen molar-refractivity contribution >= 4 is 11.7 Å². The number of aromatic nitrogens is 3. The van der Waals surface area contributed by atoms with E-state index >= 15 is 0 Å². The summed E-state index contributed by atoms with van der Waals surface area (Å²) in [7, 11) is 0. The van der Waals surface area contributed by atoms with Gasteiger partial charge < -0.3 is 4.74 Å². The second-order valence-electron chi connectivity index (χ2n) is 5.85. The lowest BCUT2D eigenvalue weighted by Gasteiger charge is -2.11. The van der Waals surface area contributed by atoms with Crippen LogP contribution >= 0.6 is 0 Å². The third-order valence-corrected chi connectivity index (χ3v) is 4.27. The van der Waals surface area contributed by atoms with Crippen LogP contribution in [0.15, 0.2) is 53.9 Å². The van der Waals surface area contributed by atoms with Crippen LogP contribution in [0.4, 0.5) is 0 Å². The molecule has 1 aliphatic heterocycles. The molecule has 0 saturated heterocycles. The first-order valence-corrected chi connectivity index (χ1v) is 8.47. The Hall–Kier alpha value is -3.79. The fraction of sp³-hybridized carbons (Fsp3) is 0.150. The number of carbonyl (C=O) groups excluding carboxylic acids is 1. The van der Waals surface area contributed by atoms with Gasteiger partial charge in [0.1, 0.15) is 6.33 Å². The molecule has 7 heteroatoms. The largest absolute Gasteiger partial charge is 0.461 e. The molecular weight excluding hydrogens is 342 g/mol. The number of aliphatic imine (C=N–C) groups is 1. The lowest BCUT2D eigenvalue weighted by Crippen LogP contribution is -2.09. The van der Waals surface area contributed by atoms with Gasteiger partial charge in [0.25, 0.3) is 0 Å². The minimum Gasteiger partial charge on any atom is -0.461 e. The van der Waals surface area contributed by atoms with E-state index in [-0.39, 0.29) is 18.8 Å². The molecular formula is C20H15N5O2. The van der Waals surface area contributed by atoms with Gasteiger partial charge in [-0.2, -0.15) is 5.26 Å². The number of hydrogen-bond acceptors (Lipinski definition) is 6. The van der Waals surface area contributed by atoms with Crippen LogP contribution in [0.25, 0.3) is 5.69 Å². The molecule has 0 spiro atoms. The monoisotopic (exact) mass is 357 g/mol. The van der Waals surface area contributed by atoms with Crippen molar-refractivity contribution in [2.75, 3.05) is 6.61 Å². The van der Waals surface area contributed by atoms with Gasteiger partial charge in [0, 0.05) is 11.8 Å². The number of fused-ring (bicyclic) bond motifs is 3. The quantitative estimate of drug-likeness (QED) is 0.672. The summed E-state index contributed by atoms with van der Waals surface area (Å²) in [5, 5.41) is 9.31. The maximum Gasteiger partial charge on any atom is 0.358 e. The fourth-order valence-corrected chi connectivity index (χ4v) is 3.07. The predicted molar refractivity (Wildman–Crippen MR) is 97.8 cm³/mol. The second-order valence-corrected chi connectivity index (χ2v) is 5.85. The summed E-state index contributed by atoms with van der Waals surface area (Å²) in [6, 6.07) is 13.1. The zero-order valence-corrected chi connectivity index (χ0v) is 14.6. The molecule has 1 aliphatic rings. The van der Waals surface area contributed by atoms with E-state index in [0.29, 0.717) is 22.7 Å². The molecule has 7 nitrogen and oxygen atoms in total. The van der Waals surface area contributed by atoms with Crippen molar-refractivity contribution in [2.24, 2.45) is 4.99 Å². The highest BCUT2D eigenvalue weighted by Gasteiger charge is 2.25. The molecule has 27 heavy (non-hydrogen) atoms. The first-order valence-electron chi connectivity index (χ1n) is 8.47. The van der Waals surface area contributed by atoms with E-state index in [2.05, 4.69) is 16.0 Å². The average Bonchev–Trinajstić information content (AvgIpc) is 3.06. The molecule has 3 heterocycles.